The maximum absolute atomic E-state index is 11.8. The fraction of sp³-hybridized carbons (Fsp3) is 1.00. The lowest BCUT2D eigenvalue weighted by Gasteiger charge is -2.24. The zero-order chi connectivity index (χ0) is 13.4. The Bertz CT molecular complexity index is 224. The Morgan fingerprint density at radius 2 is 2.06 bits per heavy atom. The van der Waals surface area contributed by atoms with Gasteiger partial charge in [-0.05, 0) is 45.2 Å². The van der Waals surface area contributed by atoms with Gasteiger partial charge in [0.05, 0.1) is 0 Å². The lowest BCUT2D eigenvalue weighted by Crippen LogP contribution is -2.31. The van der Waals surface area contributed by atoms with E-state index in [-0.39, 0.29) is 6.61 Å². The van der Waals surface area contributed by atoms with Crippen LogP contribution in [0.2, 0.25) is 0 Å². The van der Waals surface area contributed by atoms with Crippen molar-refractivity contribution in [3.05, 3.63) is 0 Å². The number of hydrogen-bond donors (Lipinski definition) is 1. The highest BCUT2D eigenvalue weighted by Crippen LogP contribution is 2.21. The van der Waals surface area contributed by atoms with Gasteiger partial charge in [0.25, 0.3) is 0 Å². The average molecular weight is 268 g/mol. The first-order valence-corrected chi connectivity index (χ1v) is 6.61. The Labute approximate surface area is 106 Å². The van der Waals surface area contributed by atoms with Gasteiger partial charge >= 0.3 is 6.18 Å². The standard InChI is InChI=1S/C12H23F3N2O/c13-12(14,15)10-18-9-3-8-17-7-2-5-11(17)4-1-6-16/h11H,1-10,16H2. The number of rotatable bonds is 8. The number of nitrogens with zero attached hydrogens (tertiary/aromatic N) is 1. The van der Waals surface area contributed by atoms with Crippen LogP contribution in [0.4, 0.5) is 13.2 Å². The summed E-state index contributed by atoms with van der Waals surface area (Å²) in [5.41, 5.74) is 5.49. The molecule has 3 nitrogen and oxygen atoms in total. The van der Waals surface area contributed by atoms with E-state index >= 15 is 0 Å². The fourth-order valence-corrected chi connectivity index (χ4v) is 2.43. The van der Waals surface area contributed by atoms with Gasteiger partial charge in [-0.1, -0.05) is 0 Å². The molecule has 0 radical (unpaired) electrons. The third-order valence-corrected chi connectivity index (χ3v) is 3.24. The summed E-state index contributed by atoms with van der Waals surface area (Å²) in [5, 5.41) is 0. The summed E-state index contributed by atoms with van der Waals surface area (Å²) in [4.78, 5) is 2.35. The molecule has 0 aromatic heterocycles. The van der Waals surface area contributed by atoms with Gasteiger partial charge in [-0.2, -0.15) is 13.2 Å². The van der Waals surface area contributed by atoms with Gasteiger partial charge in [0, 0.05) is 19.2 Å². The highest BCUT2D eigenvalue weighted by molar-refractivity contribution is 4.78. The largest absolute Gasteiger partial charge is 0.411 e. The molecule has 1 aliphatic heterocycles. The van der Waals surface area contributed by atoms with Crippen molar-refractivity contribution in [2.24, 2.45) is 5.73 Å². The molecule has 1 heterocycles. The van der Waals surface area contributed by atoms with E-state index in [1.807, 2.05) is 0 Å². The second-order valence-corrected chi connectivity index (χ2v) is 4.78. The van der Waals surface area contributed by atoms with Gasteiger partial charge in [-0.25, -0.2) is 0 Å². The molecule has 1 unspecified atom stereocenters. The van der Waals surface area contributed by atoms with Crippen molar-refractivity contribution in [1.82, 2.24) is 4.90 Å². The second kappa shape index (κ2) is 7.96. The summed E-state index contributed by atoms with van der Waals surface area (Å²) >= 11 is 0. The molecule has 6 heteroatoms. The van der Waals surface area contributed by atoms with E-state index in [9.17, 15) is 13.2 Å². The molecule has 0 aromatic carbocycles. The van der Waals surface area contributed by atoms with Gasteiger partial charge in [0.2, 0.25) is 0 Å². The van der Waals surface area contributed by atoms with Gasteiger partial charge in [0.1, 0.15) is 6.61 Å². The number of nitrogens with two attached hydrogens (primary N) is 1. The van der Waals surface area contributed by atoms with Crippen molar-refractivity contribution >= 4 is 0 Å². The van der Waals surface area contributed by atoms with Crippen LogP contribution >= 0.6 is 0 Å². The lowest BCUT2D eigenvalue weighted by molar-refractivity contribution is -0.174. The van der Waals surface area contributed by atoms with Crippen LogP contribution in [0.25, 0.3) is 0 Å². The minimum absolute atomic E-state index is 0.180. The first kappa shape index (κ1) is 15.7. The monoisotopic (exact) mass is 268 g/mol. The molecule has 108 valence electrons. The summed E-state index contributed by atoms with van der Waals surface area (Å²) in [6.45, 7) is 1.63. The second-order valence-electron chi connectivity index (χ2n) is 4.78. The van der Waals surface area contributed by atoms with Gasteiger partial charge in [0.15, 0.2) is 0 Å². The fourth-order valence-electron chi connectivity index (χ4n) is 2.43. The smallest absolute Gasteiger partial charge is 0.372 e. The highest BCUT2D eigenvalue weighted by atomic mass is 19.4. The minimum Gasteiger partial charge on any atom is -0.372 e. The van der Waals surface area contributed by atoms with Crippen LogP contribution in [0.1, 0.15) is 32.1 Å². The SMILES string of the molecule is NCCCC1CCCN1CCCOCC(F)(F)F. The quantitative estimate of drug-likeness (QED) is 0.686. The van der Waals surface area contributed by atoms with E-state index in [1.54, 1.807) is 0 Å². The molecule has 0 bridgehead atoms. The molecule has 2 N–H and O–H groups in total. The topological polar surface area (TPSA) is 38.5 Å². The molecule has 18 heavy (non-hydrogen) atoms. The molecule has 1 saturated heterocycles. The van der Waals surface area contributed by atoms with E-state index < -0.39 is 12.8 Å². The van der Waals surface area contributed by atoms with E-state index in [1.165, 1.54) is 12.8 Å². The predicted molar refractivity (Wildman–Crippen MR) is 64.4 cm³/mol. The van der Waals surface area contributed by atoms with Crippen molar-refractivity contribution < 1.29 is 17.9 Å². The van der Waals surface area contributed by atoms with Crippen molar-refractivity contribution in [2.75, 3.05) is 32.8 Å². The van der Waals surface area contributed by atoms with Crippen molar-refractivity contribution in [1.29, 1.82) is 0 Å². The summed E-state index contributed by atoms with van der Waals surface area (Å²) in [6.07, 6.45) is 0.931. The van der Waals surface area contributed by atoms with Crippen molar-refractivity contribution in [3.8, 4) is 0 Å². The first-order valence-electron chi connectivity index (χ1n) is 6.61. The van der Waals surface area contributed by atoms with Crippen LogP contribution in [0.3, 0.4) is 0 Å². The summed E-state index contributed by atoms with van der Waals surface area (Å²) < 4.78 is 40.1. The number of ether oxygens (including phenoxy) is 1. The maximum atomic E-state index is 11.8. The maximum Gasteiger partial charge on any atom is 0.411 e. The Kier molecular flexibility index (Phi) is 6.96. The third kappa shape index (κ3) is 6.56. The molecular weight excluding hydrogens is 245 g/mol. The third-order valence-electron chi connectivity index (χ3n) is 3.24. The molecule has 0 aromatic rings. The van der Waals surface area contributed by atoms with E-state index in [2.05, 4.69) is 9.64 Å². The molecule has 0 amide bonds. The number of halogens is 3. The molecule has 0 aliphatic carbocycles. The van der Waals surface area contributed by atoms with Crippen LogP contribution in [-0.2, 0) is 4.74 Å². The van der Waals surface area contributed by atoms with Crippen LogP contribution in [-0.4, -0.2) is 50.0 Å². The number of alkyl halides is 3. The predicted octanol–water partition coefficient (Wildman–Crippen LogP) is 2.16. The van der Waals surface area contributed by atoms with Crippen LogP contribution in [0.5, 0.6) is 0 Å². The van der Waals surface area contributed by atoms with Gasteiger partial charge in [-0.15, -0.1) is 0 Å². The van der Waals surface area contributed by atoms with E-state index in [0.29, 0.717) is 19.0 Å². The highest BCUT2D eigenvalue weighted by Gasteiger charge is 2.27. The van der Waals surface area contributed by atoms with Crippen LogP contribution < -0.4 is 5.73 Å². The average Bonchev–Trinajstić information content (AvgIpc) is 2.72. The van der Waals surface area contributed by atoms with Crippen LogP contribution in [0, 0.1) is 0 Å². The Morgan fingerprint density at radius 3 is 2.72 bits per heavy atom. The summed E-state index contributed by atoms with van der Waals surface area (Å²) in [7, 11) is 0. The molecular formula is C12H23F3N2O. The Morgan fingerprint density at radius 1 is 1.28 bits per heavy atom. The Hall–Kier alpha value is -0.330. The zero-order valence-electron chi connectivity index (χ0n) is 10.7. The van der Waals surface area contributed by atoms with Crippen molar-refractivity contribution in [3.63, 3.8) is 0 Å². The minimum atomic E-state index is -4.21. The number of likely N-dealkylation sites (tertiary alicyclic amines) is 1. The summed E-state index contributed by atoms with van der Waals surface area (Å²) in [5.74, 6) is 0. The van der Waals surface area contributed by atoms with Crippen LogP contribution in [0.15, 0.2) is 0 Å². The van der Waals surface area contributed by atoms with Gasteiger partial charge in [-0.3, -0.25) is 0 Å². The summed E-state index contributed by atoms with van der Waals surface area (Å²) in [6, 6.07) is 0.566. The molecule has 0 spiro atoms. The molecule has 1 rings (SSSR count). The Balaban J connectivity index is 2.07. The molecule has 1 aliphatic rings. The van der Waals surface area contributed by atoms with Crippen molar-refractivity contribution in [2.45, 2.75) is 44.3 Å². The molecule has 1 atom stereocenters. The molecule has 0 saturated carbocycles. The first-order chi connectivity index (χ1) is 8.53. The van der Waals surface area contributed by atoms with E-state index in [0.717, 1.165) is 25.9 Å². The van der Waals surface area contributed by atoms with Gasteiger partial charge < -0.3 is 15.4 Å². The van der Waals surface area contributed by atoms with E-state index in [4.69, 9.17) is 5.73 Å². The molecule has 1 fully saturated rings. The normalized spacial score (nSPS) is 21.7. The number of hydrogen-bond acceptors (Lipinski definition) is 3. The zero-order valence-corrected chi connectivity index (χ0v) is 10.7. The lowest BCUT2D eigenvalue weighted by atomic mass is 10.1.